The Balaban J connectivity index is 2.03. The minimum atomic E-state index is -0.823. The normalized spacial score (nSPS) is 11.9. The average molecular weight is 295 g/mol. The van der Waals surface area contributed by atoms with Gasteiger partial charge in [0, 0.05) is 5.56 Å². The molecule has 0 aliphatic heterocycles. The third-order valence-corrected chi connectivity index (χ3v) is 3.70. The van der Waals surface area contributed by atoms with Crippen LogP contribution in [0.1, 0.15) is 27.0 Å². The Hall–Kier alpha value is -1.65. The van der Waals surface area contributed by atoms with Gasteiger partial charge in [0.15, 0.2) is 6.10 Å². The summed E-state index contributed by atoms with van der Waals surface area (Å²) in [6, 6.07) is 11.9. The molecule has 0 bridgehead atoms. The number of thiophene rings is 1. The highest BCUT2D eigenvalue weighted by molar-refractivity contribution is 7.17. The number of Topliss-reactive ketones (excluding diaryl/α,β-unsaturated/α-hetero) is 1. The second kappa shape index (κ2) is 5.99. The highest BCUT2D eigenvalue weighted by Gasteiger charge is 2.20. The van der Waals surface area contributed by atoms with Crippen molar-refractivity contribution >= 4 is 34.7 Å². The second-order valence-electron chi connectivity index (χ2n) is 3.88. The van der Waals surface area contributed by atoms with Gasteiger partial charge in [-0.25, -0.2) is 4.79 Å². The number of benzene rings is 1. The summed E-state index contributed by atoms with van der Waals surface area (Å²) in [5.41, 5.74) is 0.520. The maximum absolute atomic E-state index is 12.0. The molecule has 0 saturated carbocycles. The van der Waals surface area contributed by atoms with Crippen molar-refractivity contribution in [2.45, 2.75) is 13.0 Å². The van der Waals surface area contributed by atoms with Crippen LogP contribution < -0.4 is 0 Å². The van der Waals surface area contributed by atoms with E-state index in [0.29, 0.717) is 14.8 Å². The van der Waals surface area contributed by atoms with Gasteiger partial charge in [0.1, 0.15) is 4.88 Å². The number of rotatable bonds is 4. The summed E-state index contributed by atoms with van der Waals surface area (Å²) in [7, 11) is 0. The molecule has 0 fully saturated rings. The molecule has 98 valence electrons. The van der Waals surface area contributed by atoms with E-state index in [-0.39, 0.29) is 5.78 Å². The number of halogens is 1. The molecule has 1 heterocycles. The molecule has 0 saturated heterocycles. The lowest BCUT2D eigenvalue weighted by atomic mass is 10.1. The first-order valence-corrected chi connectivity index (χ1v) is 6.83. The van der Waals surface area contributed by atoms with E-state index in [1.165, 1.54) is 0 Å². The molecule has 0 aliphatic carbocycles. The van der Waals surface area contributed by atoms with Gasteiger partial charge in [0.05, 0.1) is 4.34 Å². The quantitative estimate of drug-likeness (QED) is 0.636. The smallest absolute Gasteiger partial charge is 0.349 e. The van der Waals surface area contributed by atoms with Crippen molar-refractivity contribution < 1.29 is 14.3 Å². The highest BCUT2D eigenvalue weighted by atomic mass is 35.5. The number of carbonyl (C=O) groups excluding carboxylic acids is 2. The van der Waals surface area contributed by atoms with Crippen LogP contribution in [0.25, 0.3) is 0 Å². The lowest BCUT2D eigenvalue weighted by Crippen LogP contribution is -2.24. The summed E-state index contributed by atoms with van der Waals surface area (Å²) >= 11 is 6.87. The summed E-state index contributed by atoms with van der Waals surface area (Å²) in [4.78, 5) is 24.2. The van der Waals surface area contributed by atoms with Crippen LogP contribution in [0.4, 0.5) is 0 Å². The molecule has 1 unspecified atom stereocenters. The van der Waals surface area contributed by atoms with E-state index < -0.39 is 12.1 Å². The fourth-order valence-corrected chi connectivity index (χ4v) is 2.46. The Morgan fingerprint density at radius 1 is 1.16 bits per heavy atom. The second-order valence-corrected chi connectivity index (χ2v) is 5.60. The third-order valence-electron chi connectivity index (χ3n) is 2.49. The van der Waals surface area contributed by atoms with Gasteiger partial charge in [-0.05, 0) is 19.1 Å². The molecule has 19 heavy (non-hydrogen) atoms. The van der Waals surface area contributed by atoms with Crippen LogP contribution in [0.5, 0.6) is 0 Å². The molecule has 0 radical (unpaired) electrons. The predicted octanol–water partition coefficient (Wildman–Crippen LogP) is 3.83. The van der Waals surface area contributed by atoms with Gasteiger partial charge in [-0.15, -0.1) is 11.3 Å². The van der Waals surface area contributed by atoms with Crippen LogP contribution >= 0.6 is 22.9 Å². The number of carbonyl (C=O) groups is 2. The summed E-state index contributed by atoms with van der Waals surface area (Å²) in [5, 5.41) is 0. The summed E-state index contributed by atoms with van der Waals surface area (Å²) < 4.78 is 5.64. The van der Waals surface area contributed by atoms with Gasteiger partial charge in [0.25, 0.3) is 0 Å². The Kier molecular flexibility index (Phi) is 4.35. The fourth-order valence-electron chi connectivity index (χ4n) is 1.53. The lowest BCUT2D eigenvalue weighted by molar-refractivity contribution is 0.0323. The number of hydrogen-bond donors (Lipinski definition) is 0. The van der Waals surface area contributed by atoms with Crippen molar-refractivity contribution in [2.75, 3.05) is 0 Å². The van der Waals surface area contributed by atoms with Crippen LogP contribution in [-0.2, 0) is 4.74 Å². The molecule has 1 aromatic carbocycles. The molecule has 5 heteroatoms. The monoisotopic (exact) mass is 294 g/mol. The van der Waals surface area contributed by atoms with Crippen molar-refractivity contribution in [2.24, 2.45) is 0 Å². The maximum Gasteiger partial charge on any atom is 0.349 e. The summed E-state index contributed by atoms with van der Waals surface area (Å²) in [5.74, 6) is -0.759. The maximum atomic E-state index is 12.0. The third kappa shape index (κ3) is 3.43. The molecule has 3 nitrogen and oxygen atoms in total. The van der Waals surface area contributed by atoms with E-state index in [4.69, 9.17) is 16.3 Å². The first kappa shape index (κ1) is 13.8. The topological polar surface area (TPSA) is 43.4 Å². The van der Waals surface area contributed by atoms with Gasteiger partial charge in [-0.1, -0.05) is 41.9 Å². The largest absolute Gasteiger partial charge is 0.450 e. The van der Waals surface area contributed by atoms with Crippen LogP contribution in [-0.4, -0.2) is 17.9 Å². The van der Waals surface area contributed by atoms with Crippen molar-refractivity contribution in [3.05, 3.63) is 57.2 Å². The molecule has 0 aliphatic rings. The van der Waals surface area contributed by atoms with E-state index in [1.807, 2.05) is 6.07 Å². The molecule has 1 aromatic heterocycles. The fraction of sp³-hybridized carbons (Fsp3) is 0.143. The lowest BCUT2D eigenvalue weighted by Gasteiger charge is -2.11. The van der Waals surface area contributed by atoms with E-state index >= 15 is 0 Å². The molecular weight excluding hydrogens is 284 g/mol. The minimum Gasteiger partial charge on any atom is -0.450 e. The van der Waals surface area contributed by atoms with E-state index in [1.54, 1.807) is 43.3 Å². The van der Waals surface area contributed by atoms with Gasteiger partial charge in [-0.3, -0.25) is 4.79 Å². The SMILES string of the molecule is CC(OC(=O)c1ccc(Cl)s1)C(=O)c1ccccc1. The van der Waals surface area contributed by atoms with Gasteiger partial charge >= 0.3 is 5.97 Å². The molecule has 0 N–H and O–H groups in total. The molecule has 1 atom stereocenters. The predicted molar refractivity (Wildman–Crippen MR) is 75.0 cm³/mol. The van der Waals surface area contributed by atoms with E-state index in [9.17, 15) is 9.59 Å². The Labute approximate surface area is 119 Å². The number of ketones is 1. The molecule has 0 spiro atoms. The minimum absolute atomic E-state index is 0.225. The molecular formula is C14H11ClO3S. The summed E-state index contributed by atoms with van der Waals surface area (Å²) in [6.45, 7) is 1.56. The zero-order valence-corrected chi connectivity index (χ0v) is 11.7. The Morgan fingerprint density at radius 3 is 2.42 bits per heavy atom. The van der Waals surface area contributed by atoms with Crippen molar-refractivity contribution in [3.8, 4) is 0 Å². The van der Waals surface area contributed by atoms with Crippen molar-refractivity contribution in [1.82, 2.24) is 0 Å². The average Bonchev–Trinajstić information content (AvgIpc) is 2.85. The number of hydrogen-bond acceptors (Lipinski definition) is 4. The molecule has 2 rings (SSSR count). The zero-order chi connectivity index (χ0) is 13.8. The molecule has 0 amide bonds. The Bertz CT molecular complexity index is 592. The van der Waals surface area contributed by atoms with Crippen LogP contribution in [0.2, 0.25) is 4.34 Å². The van der Waals surface area contributed by atoms with Crippen LogP contribution in [0.15, 0.2) is 42.5 Å². The van der Waals surface area contributed by atoms with Crippen LogP contribution in [0, 0.1) is 0 Å². The first-order valence-electron chi connectivity index (χ1n) is 5.63. The number of ether oxygens (including phenoxy) is 1. The van der Waals surface area contributed by atoms with E-state index in [2.05, 4.69) is 0 Å². The van der Waals surface area contributed by atoms with Gasteiger partial charge in [0.2, 0.25) is 5.78 Å². The summed E-state index contributed by atoms with van der Waals surface area (Å²) in [6.07, 6.45) is -0.823. The van der Waals surface area contributed by atoms with Gasteiger partial charge < -0.3 is 4.74 Å². The van der Waals surface area contributed by atoms with Gasteiger partial charge in [-0.2, -0.15) is 0 Å². The van der Waals surface area contributed by atoms with Crippen LogP contribution in [0.3, 0.4) is 0 Å². The standard InChI is InChI=1S/C14H11ClO3S/c1-9(13(16)10-5-3-2-4-6-10)18-14(17)11-7-8-12(15)19-11/h2-9H,1H3. The van der Waals surface area contributed by atoms with E-state index in [0.717, 1.165) is 11.3 Å². The molecule has 2 aromatic rings. The first-order chi connectivity index (χ1) is 9.08. The highest BCUT2D eigenvalue weighted by Crippen LogP contribution is 2.22. The van der Waals surface area contributed by atoms with Crippen molar-refractivity contribution in [3.63, 3.8) is 0 Å². The number of esters is 1. The zero-order valence-electron chi connectivity index (χ0n) is 10.1. The van der Waals surface area contributed by atoms with Crippen molar-refractivity contribution in [1.29, 1.82) is 0 Å². The Morgan fingerprint density at radius 2 is 1.84 bits per heavy atom.